The quantitative estimate of drug-likeness (QED) is 0.546. The number of ether oxygens (including phenoxy) is 1. The van der Waals surface area contributed by atoms with Gasteiger partial charge in [0.1, 0.15) is 5.82 Å². The minimum absolute atomic E-state index is 0.0718. The van der Waals surface area contributed by atoms with Gasteiger partial charge in [-0.15, -0.1) is 0 Å². The summed E-state index contributed by atoms with van der Waals surface area (Å²) in [5.74, 6) is -0.0272. The van der Waals surface area contributed by atoms with Crippen molar-refractivity contribution in [3.63, 3.8) is 0 Å². The lowest BCUT2D eigenvalue weighted by Crippen LogP contribution is -2.42. The average molecular weight is 424 g/mol. The number of carbonyl (C=O) groups excluding carboxylic acids is 2. The van der Waals surface area contributed by atoms with E-state index in [-0.39, 0.29) is 24.3 Å². The number of hydrogen-bond acceptors (Lipinski definition) is 6. The standard InChI is InChI=1S/C23H29N5O3/c1-16-5-6-18(20-13-25-27(3)14-20)11-19(16)12-21(24-2)26-23(30)17-7-9-28(10-8-17)15-22(29)31-4/h5-6,11-14,17H,2,7-10,15H2,1,3-4H3,(H,26,30)/b21-12+. The minimum atomic E-state index is -0.257. The summed E-state index contributed by atoms with van der Waals surface area (Å²) in [6.45, 7) is 7.25. The van der Waals surface area contributed by atoms with E-state index in [9.17, 15) is 9.59 Å². The van der Waals surface area contributed by atoms with Gasteiger partial charge in [0.25, 0.3) is 0 Å². The second-order valence-electron chi connectivity index (χ2n) is 7.78. The fourth-order valence-electron chi connectivity index (χ4n) is 3.64. The van der Waals surface area contributed by atoms with Crippen molar-refractivity contribution in [1.29, 1.82) is 0 Å². The van der Waals surface area contributed by atoms with Gasteiger partial charge in [0.2, 0.25) is 5.91 Å². The molecule has 0 atom stereocenters. The van der Waals surface area contributed by atoms with Crippen molar-refractivity contribution in [2.45, 2.75) is 19.8 Å². The predicted molar refractivity (Wildman–Crippen MR) is 120 cm³/mol. The fourth-order valence-corrected chi connectivity index (χ4v) is 3.64. The van der Waals surface area contributed by atoms with Gasteiger partial charge in [0, 0.05) is 24.7 Å². The Hall–Kier alpha value is -3.26. The SMILES string of the molecule is C=N/C(=C\c1cc(-c2cnn(C)c2)ccc1C)NC(=O)C1CCN(CC(=O)OC)CC1. The molecule has 8 heteroatoms. The molecule has 1 aliphatic rings. The van der Waals surface area contributed by atoms with Crippen LogP contribution in [0.25, 0.3) is 17.2 Å². The third kappa shape index (κ3) is 5.88. The number of esters is 1. The van der Waals surface area contributed by atoms with Gasteiger partial charge in [0.15, 0.2) is 0 Å². The lowest BCUT2D eigenvalue weighted by Gasteiger charge is -2.30. The van der Waals surface area contributed by atoms with E-state index in [1.54, 1.807) is 4.68 Å². The van der Waals surface area contributed by atoms with E-state index in [1.165, 1.54) is 7.11 Å². The molecule has 31 heavy (non-hydrogen) atoms. The number of nitrogens with one attached hydrogen (secondary N) is 1. The van der Waals surface area contributed by atoms with E-state index in [1.807, 2.05) is 49.5 Å². The first-order chi connectivity index (χ1) is 14.9. The van der Waals surface area contributed by atoms with Crippen molar-refractivity contribution in [2.24, 2.45) is 18.0 Å². The van der Waals surface area contributed by atoms with Gasteiger partial charge in [-0.1, -0.05) is 12.1 Å². The highest BCUT2D eigenvalue weighted by molar-refractivity contribution is 5.82. The van der Waals surface area contributed by atoms with Gasteiger partial charge in [-0.05, 0) is 68.4 Å². The highest BCUT2D eigenvalue weighted by Gasteiger charge is 2.26. The second kappa shape index (κ2) is 10.2. The maximum absolute atomic E-state index is 12.8. The third-order valence-electron chi connectivity index (χ3n) is 5.57. The lowest BCUT2D eigenvalue weighted by molar-refractivity contribution is -0.142. The summed E-state index contributed by atoms with van der Waals surface area (Å²) in [5.41, 5.74) is 4.08. The Morgan fingerprint density at radius 2 is 2.06 bits per heavy atom. The summed E-state index contributed by atoms with van der Waals surface area (Å²) in [7, 11) is 3.26. The molecule has 1 aromatic heterocycles. The monoisotopic (exact) mass is 423 g/mol. The second-order valence-corrected chi connectivity index (χ2v) is 7.78. The van der Waals surface area contributed by atoms with Crippen LogP contribution in [0.3, 0.4) is 0 Å². The molecule has 0 radical (unpaired) electrons. The summed E-state index contributed by atoms with van der Waals surface area (Å²) >= 11 is 0. The molecule has 1 saturated heterocycles. The molecule has 0 aliphatic carbocycles. The number of likely N-dealkylation sites (tertiary alicyclic amines) is 1. The summed E-state index contributed by atoms with van der Waals surface area (Å²) in [5, 5.41) is 7.13. The Labute approximate surface area is 182 Å². The average Bonchev–Trinajstić information content (AvgIpc) is 3.21. The predicted octanol–water partition coefficient (Wildman–Crippen LogP) is 2.40. The van der Waals surface area contributed by atoms with Crippen molar-refractivity contribution < 1.29 is 14.3 Å². The van der Waals surface area contributed by atoms with E-state index < -0.39 is 0 Å². The highest BCUT2D eigenvalue weighted by Crippen LogP contribution is 2.24. The molecule has 2 heterocycles. The molecular weight excluding hydrogens is 394 g/mol. The summed E-state index contributed by atoms with van der Waals surface area (Å²) in [4.78, 5) is 30.2. The maximum Gasteiger partial charge on any atom is 0.319 e. The number of aryl methyl sites for hydroxylation is 2. The Kier molecular flexibility index (Phi) is 7.36. The smallest absolute Gasteiger partial charge is 0.319 e. The third-order valence-corrected chi connectivity index (χ3v) is 5.57. The molecule has 0 unspecified atom stereocenters. The molecule has 1 aliphatic heterocycles. The number of benzene rings is 1. The van der Waals surface area contributed by atoms with Gasteiger partial charge < -0.3 is 10.1 Å². The van der Waals surface area contributed by atoms with Crippen molar-refractivity contribution in [2.75, 3.05) is 26.7 Å². The molecule has 0 spiro atoms. The van der Waals surface area contributed by atoms with E-state index >= 15 is 0 Å². The number of nitrogens with zero attached hydrogens (tertiary/aromatic N) is 4. The van der Waals surface area contributed by atoms with Crippen molar-refractivity contribution in [3.05, 3.63) is 47.5 Å². The van der Waals surface area contributed by atoms with Crippen LogP contribution in [-0.2, 0) is 21.4 Å². The Morgan fingerprint density at radius 3 is 2.68 bits per heavy atom. The molecule has 164 valence electrons. The van der Waals surface area contributed by atoms with Gasteiger partial charge >= 0.3 is 5.97 Å². The van der Waals surface area contributed by atoms with Crippen LogP contribution < -0.4 is 5.32 Å². The molecule has 0 bridgehead atoms. The van der Waals surface area contributed by atoms with Crippen molar-refractivity contribution in [3.8, 4) is 11.1 Å². The molecule has 8 nitrogen and oxygen atoms in total. The fraction of sp³-hybridized carbons (Fsp3) is 0.391. The van der Waals surface area contributed by atoms with Crippen LogP contribution in [0.15, 0.2) is 41.4 Å². The number of rotatable bonds is 7. The van der Waals surface area contributed by atoms with E-state index in [0.29, 0.717) is 31.8 Å². The molecule has 1 fully saturated rings. The zero-order valence-electron chi connectivity index (χ0n) is 18.3. The van der Waals surface area contributed by atoms with Crippen LogP contribution in [-0.4, -0.2) is 60.0 Å². The molecule has 1 aromatic carbocycles. The molecule has 0 saturated carbocycles. The first-order valence-electron chi connectivity index (χ1n) is 10.3. The van der Waals surface area contributed by atoms with Crippen LogP contribution in [0.4, 0.5) is 0 Å². The minimum Gasteiger partial charge on any atom is -0.468 e. The number of piperidine rings is 1. The topological polar surface area (TPSA) is 88.8 Å². The van der Waals surface area contributed by atoms with Crippen LogP contribution >= 0.6 is 0 Å². The van der Waals surface area contributed by atoms with Crippen LogP contribution in [0, 0.1) is 12.8 Å². The number of carbonyl (C=O) groups is 2. The molecule has 3 rings (SSSR count). The first kappa shape index (κ1) is 22.4. The van der Waals surface area contributed by atoms with Gasteiger partial charge in [0.05, 0.1) is 19.9 Å². The molecule has 1 N–H and O–H groups in total. The van der Waals surface area contributed by atoms with Gasteiger partial charge in [-0.25, -0.2) is 4.99 Å². The summed E-state index contributed by atoms with van der Waals surface area (Å²) in [6.07, 6.45) is 6.98. The van der Waals surface area contributed by atoms with E-state index in [4.69, 9.17) is 4.74 Å². The first-order valence-corrected chi connectivity index (χ1v) is 10.3. The van der Waals surface area contributed by atoms with Crippen LogP contribution in [0.5, 0.6) is 0 Å². The summed E-state index contributed by atoms with van der Waals surface area (Å²) < 4.78 is 6.47. The van der Waals surface area contributed by atoms with Crippen molar-refractivity contribution in [1.82, 2.24) is 20.0 Å². The van der Waals surface area contributed by atoms with E-state index in [0.717, 1.165) is 22.3 Å². The maximum atomic E-state index is 12.8. The van der Waals surface area contributed by atoms with Crippen LogP contribution in [0.2, 0.25) is 0 Å². The van der Waals surface area contributed by atoms with E-state index in [2.05, 4.69) is 28.2 Å². The lowest BCUT2D eigenvalue weighted by atomic mass is 9.96. The number of amides is 1. The normalized spacial score (nSPS) is 15.5. The van der Waals surface area contributed by atoms with Gasteiger partial charge in [-0.3, -0.25) is 19.2 Å². The summed E-state index contributed by atoms with van der Waals surface area (Å²) in [6, 6.07) is 6.13. The van der Waals surface area contributed by atoms with Crippen molar-refractivity contribution >= 4 is 24.7 Å². The molecular formula is C23H29N5O3. The Balaban J connectivity index is 1.66. The largest absolute Gasteiger partial charge is 0.468 e. The number of aliphatic imine (C=N–C) groups is 1. The van der Waals surface area contributed by atoms with Crippen LogP contribution in [0.1, 0.15) is 24.0 Å². The zero-order chi connectivity index (χ0) is 22.4. The Bertz CT molecular complexity index is 987. The number of methoxy groups -OCH3 is 1. The number of hydrogen-bond donors (Lipinski definition) is 1. The highest BCUT2D eigenvalue weighted by atomic mass is 16.5. The molecule has 1 amide bonds. The zero-order valence-corrected chi connectivity index (χ0v) is 18.3. The molecule has 2 aromatic rings. The number of aromatic nitrogens is 2. The van der Waals surface area contributed by atoms with Gasteiger partial charge in [-0.2, -0.15) is 5.10 Å². The Morgan fingerprint density at radius 1 is 1.32 bits per heavy atom.